The fourth-order valence-corrected chi connectivity index (χ4v) is 2.99. The molecule has 0 fully saturated rings. The Bertz CT molecular complexity index is 503. The molecule has 0 saturated heterocycles. The maximum atomic E-state index is 11.7. The summed E-state index contributed by atoms with van der Waals surface area (Å²) in [6.45, 7) is 6.65. The van der Waals surface area contributed by atoms with Crippen molar-refractivity contribution in [3.8, 4) is 11.6 Å². The van der Waals surface area contributed by atoms with Gasteiger partial charge in [-0.3, -0.25) is 0 Å². The second-order valence-electron chi connectivity index (χ2n) is 5.29. The second kappa shape index (κ2) is 4.33. The van der Waals surface area contributed by atoms with Crippen LogP contribution in [0.4, 0.5) is 0 Å². The summed E-state index contributed by atoms with van der Waals surface area (Å²) >= 11 is 0. The molecule has 1 aromatic heterocycles. The van der Waals surface area contributed by atoms with E-state index in [0.29, 0.717) is 5.69 Å². The van der Waals surface area contributed by atoms with Gasteiger partial charge in [0.05, 0.1) is 13.3 Å². The molecule has 2 rings (SSSR count). The van der Waals surface area contributed by atoms with Gasteiger partial charge in [-0.25, -0.2) is 0 Å². The van der Waals surface area contributed by atoms with Gasteiger partial charge in [0, 0.05) is 18.2 Å². The van der Waals surface area contributed by atoms with Crippen LogP contribution in [0.1, 0.15) is 5.69 Å². The largest absolute Gasteiger partial charge is 0.539 e. The molecular formula is C12H16N2O2Si. The molecular weight excluding hydrogens is 232 g/mol. The molecule has 1 heterocycles. The lowest BCUT2D eigenvalue weighted by Crippen LogP contribution is -2.40. The number of aromatic nitrogens is 2. The highest BCUT2D eigenvalue weighted by molar-refractivity contribution is 6.75. The van der Waals surface area contributed by atoms with Crippen LogP contribution < -0.4 is 9.79 Å². The lowest BCUT2D eigenvalue weighted by Gasteiger charge is -2.12. The van der Waals surface area contributed by atoms with Crippen molar-refractivity contribution >= 4 is 8.07 Å². The summed E-state index contributed by atoms with van der Waals surface area (Å²) in [6.07, 6.45) is 0. The van der Waals surface area contributed by atoms with Crippen LogP contribution in [0, 0.1) is 0 Å². The molecule has 0 unspecified atom stereocenters. The van der Waals surface area contributed by atoms with Crippen molar-refractivity contribution < 1.29 is 14.3 Å². The molecule has 0 aliphatic carbocycles. The van der Waals surface area contributed by atoms with E-state index in [1.54, 1.807) is 4.68 Å². The Morgan fingerprint density at radius 3 is 2.47 bits per heavy atom. The summed E-state index contributed by atoms with van der Waals surface area (Å²) in [5.74, 6) is -0.323. The first-order valence-corrected chi connectivity index (χ1v) is 9.31. The van der Waals surface area contributed by atoms with Crippen LogP contribution in [0.3, 0.4) is 0 Å². The molecule has 5 heteroatoms. The smallest absolute Gasteiger partial charge is 0.239 e. The van der Waals surface area contributed by atoms with E-state index in [2.05, 4.69) is 24.9 Å². The van der Waals surface area contributed by atoms with Crippen LogP contribution in [0.25, 0.3) is 5.69 Å². The van der Waals surface area contributed by atoms with Crippen LogP contribution in [0.2, 0.25) is 19.6 Å². The van der Waals surface area contributed by atoms with Gasteiger partial charge in [0.15, 0.2) is 5.95 Å². The molecule has 90 valence electrons. The number of nitrogens with zero attached hydrogens (tertiary/aromatic N) is 2. The van der Waals surface area contributed by atoms with Crippen molar-refractivity contribution in [3.05, 3.63) is 36.0 Å². The number of rotatable bonds is 3. The lowest BCUT2D eigenvalue weighted by molar-refractivity contribution is -0.676. The zero-order chi connectivity index (χ0) is 12.5. The van der Waals surface area contributed by atoms with Crippen molar-refractivity contribution in [1.29, 1.82) is 0 Å². The molecule has 0 atom stereocenters. The molecule has 4 nitrogen and oxygen atoms in total. The summed E-state index contributed by atoms with van der Waals surface area (Å²) in [5.41, 5.74) is 1.52. The van der Waals surface area contributed by atoms with E-state index in [1.165, 1.54) is 0 Å². The van der Waals surface area contributed by atoms with E-state index in [0.717, 1.165) is 11.7 Å². The van der Waals surface area contributed by atoms with Crippen LogP contribution in [-0.2, 0) is 6.04 Å². The number of hydrogen-bond donors (Lipinski definition) is 0. The van der Waals surface area contributed by atoms with Gasteiger partial charge in [0.2, 0.25) is 11.4 Å². The highest BCUT2D eigenvalue weighted by atomic mass is 28.3. The van der Waals surface area contributed by atoms with Gasteiger partial charge in [-0.1, -0.05) is 37.8 Å². The molecule has 0 aliphatic rings. The maximum absolute atomic E-state index is 11.7. The van der Waals surface area contributed by atoms with Gasteiger partial charge in [0.25, 0.3) is 0 Å². The minimum absolute atomic E-state index is 0.323. The average molecular weight is 248 g/mol. The van der Waals surface area contributed by atoms with Gasteiger partial charge in [-0.05, 0) is 4.68 Å². The fourth-order valence-electron chi connectivity index (χ4n) is 1.69. The quantitative estimate of drug-likeness (QED) is 0.610. The van der Waals surface area contributed by atoms with Gasteiger partial charge < -0.3 is 9.63 Å². The molecule has 2 aromatic rings. The zero-order valence-electron chi connectivity index (χ0n) is 10.3. The molecule has 0 bridgehead atoms. The van der Waals surface area contributed by atoms with E-state index in [9.17, 15) is 5.11 Å². The van der Waals surface area contributed by atoms with Crippen molar-refractivity contribution in [2.75, 3.05) is 0 Å². The van der Waals surface area contributed by atoms with Crippen molar-refractivity contribution in [2.45, 2.75) is 25.7 Å². The van der Waals surface area contributed by atoms with Crippen LogP contribution in [-0.4, -0.2) is 13.3 Å². The predicted molar refractivity (Wildman–Crippen MR) is 64.5 cm³/mol. The Morgan fingerprint density at radius 2 is 1.88 bits per heavy atom. The van der Waals surface area contributed by atoms with Crippen LogP contribution in [0.15, 0.2) is 34.9 Å². The summed E-state index contributed by atoms with van der Waals surface area (Å²) in [5, 5.41) is 15.5. The highest BCUT2D eigenvalue weighted by Crippen LogP contribution is 2.16. The SMILES string of the molecule is C[Si](C)(C)Cc1c([O-])on[n+]1-c1ccccc1. The maximum Gasteiger partial charge on any atom is 0.239 e. The van der Waals surface area contributed by atoms with Crippen molar-refractivity contribution in [2.24, 2.45) is 0 Å². The summed E-state index contributed by atoms with van der Waals surface area (Å²) in [4.78, 5) is 0. The Labute approximate surface area is 101 Å². The molecule has 0 radical (unpaired) electrons. The van der Waals surface area contributed by atoms with Gasteiger partial charge >= 0.3 is 0 Å². The molecule has 1 aromatic carbocycles. The highest BCUT2D eigenvalue weighted by Gasteiger charge is 2.26. The lowest BCUT2D eigenvalue weighted by atomic mass is 10.3. The topological polar surface area (TPSA) is 53.0 Å². The summed E-state index contributed by atoms with van der Waals surface area (Å²) in [6, 6.07) is 10.4. The third kappa shape index (κ3) is 2.74. The van der Waals surface area contributed by atoms with E-state index >= 15 is 0 Å². The van der Waals surface area contributed by atoms with Crippen LogP contribution >= 0.6 is 0 Å². The number of para-hydroxylation sites is 1. The molecule has 17 heavy (non-hydrogen) atoms. The monoisotopic (exact) mass is 248 g/mol. The number of hydrogen-bond acceptors (Lipinski definition) is 3. The standard InChI is InChI=1S/C12H16N2O2Si/c1-17(2,3)9-11-12(15)16-13-14(11)10-7-5-4-6-8-10/h4-8H,9H2,1-3H3. The Balaban J connectivity index is 2.43. The molecule has 0 spiro atoms. The number of benzene rings is 1. The Morgan fingerprint density at radius 1 is 1.24 bits per heavy atom. The predicted octanol–water partition coefficient (Wildman–Crippen LogP) is 1.44. The van der Waals surface area contributed by atoms with Gasteiger partial charge in [-0.15, -0.1) is 0 Å². The third-order valence-corrected chi connectivity index (χ3v) is 3.79. The molecule has 0 amide bonds. The fraction of sp³-hybridized carbons (Fsp3) is 0.333. The minimum Gasteiger partial charge on any atom is -0.539 e. The van der Waals surface area contributed by atoms with E-state index < -0.39 is 8.07 Å². The molecule has 0 aliphatic heterocycles. The average Bonchev–Trinajstić information content (AvgIpc) is 2.60. The normalized spacial score (nSPS) is 11.7. The van der Waals surface area contributed by atoms with E-state index in [1.807, 2.05) is 30.3 Å². The van der Waals surface area contributed by atoms with Crippen LogP contribution in [0.5, 0.6) is 5.95 Å². The van der Waals surface area contributed by atoms with Crippen molar-refractivity contribution in [3.63, 3.8) is 0 Å². The van der Waals surface area contributed by atoms with E-state index in [-0.39, 0.29) is 5.95 Å². The Hall–Kier alpha value is -1.62. The first-order chi connectivity index (χ1) is 7.97. The minimum atomic E-state index is -1.38. The summed E-state index contributed by atoms with van der Waals surface area (Å²) in [7, 11) is -1.38. The first kappa shape index (κ1) is 11.9. The zero-order valence-corrected chi connectivity index (χ0v) is 11.3. The molecule has 0 saturated carbocycles. The first-order valence-electron chi connectivity index (χ1n) is 5.61. The van der Waals surface area contributed by atoms with Crippen molar-refractivity contribution in [1.82, 2.24) is 5.27 Å². The van der Waals surface area contributed by atoms with Gasteiger partial charge in [0.1, 0.15) is 0 Å². The van der Waals surface area contributed by atoms with E-state index in [4.69, 9.17) is 4.52 Å². The molecule has 0 N–H and O–H groups in total. The van der Waals surface area contributed by atoms with Gasteiger partial charge in [-0.2, -0.15) is 0 Å². The second-order valence-corrected chi connectivity index (χ2v) is 10.8. The summed E-state index contributed by atoms with van der Waals surface area (Å²) < 4.78 is 6.39. The third-order valence-electron chi connectivity index (χ3n) is 2.40. The Kier molecular flexibility index (Phi) is 3.02.